The molecule has 9 nitrogen and oxygen atoms in total. The van der Waals surface area contributed by atoms with Crippen LogP contribution in [-0.4, -0.2) is 38.0 Å². The number of benzene rings is 1. The van der Waals surface area contributed by atoms with Crippen molar-refractivity contribution in [2.45, 2.75) is 25.5 Å². The normalized spacial score (nSPS) is 11.4. The minimum absolute atomic E-state index is 0.164. The molecule has 1 aromatic rings. The summed E-state index contributed by atoms with van der Waals surface area (Å²) < 4.78 is 0. The number of hydroxylamine groups is 1. The monoisotopic (exact) mass is 337 g/mol. The molecule has 6 N–H and O–H groups in total. The minimum atomic E-state index is -0.576. The molecular weight excluding hydrogens is 314 g/mol. The Kier molecular flexibility index (Phi) is 8.87. The van der Waals surface area contributed by atoms with Crippen molar-refractivity contribution in [3.63, 3.8) is 0 Å². The number of hydrogen-bond acceptors (Lipinski definition) is 5. The van der Waals surface area contributed by atoms with Gasteiger partial charge in [0.2, 0.25) is 12.3 Å². The molecule has 0 radical (unpaired) electrons. The van der Waals surface area contributed by atoms with E-state index in [1.807, 2.05) is 0 Å². The molecule has 1 atom stereocenters. The van der Waals surface area contributed by atoms with Crippen molar-refractivity contribution in [2.75, 3.05) is 18.9 Å². The molecule has 1 unspecified atom stereocenters. The molecule has 0 saturated heterocycles. The second-order valence-electron chi connectivity index (χ2n) is 4.99. The number of rotatable bonds is 11. The number of primary amides is 1. The predicted molar refractivity (Wildman–Crippen MR) is 88.7 cm³/mol. The highest BCUT2D eigenvalue weighted by molar-refractivity contribution is 5.94. The summed E-state index contributed by atoms with van der Waals surface area (Å²) in [7, 11) is 1.70. The summed E-state index contributed by atoms with van der Waals surface area (Å²) in [4.78, 5) is 37.7. The van der Waals surface area contributed by atoms with E-state index in [-0.39, 0.29) is 18.6 Å². The summed E-state index contributed by atoms with van der Waals surface area (Å²) in [6, 6.07) is 6.12. The SMILES string of the molecule is CNC(CCCNC(N)=O)C(=O)Nc1ccc(CONC=O)cc1. The van der Waals surface area contributed by atoms with Gasteiger partial charge >= 0.3 is 6.03 Å². The van der Waals surface area contributed by atoms with Crippen molar-refractivity contribution >= 4 is 24.0 Å². The zero-order valence-electron chi connectivity index (χ0n) is 13.5. The Morgan fingerprint density at radius 3 is 2.58 bits per heavy atom. The zero-order chi connectivity index (χ0) is 17.8. The van der Waals surface area contributed by atoms with Gasteiger partial charge in [-0.2, -0.15) is 0 Å². The van der Waals surface area contributed by atoms with Crippen molar-refractivity contribution in [3.8, 4) is 0 Å². The van der Waals surface area contributed by atoms with E-state index in [9.17, 15) is 14.4 Å². The summed E-state index contributed by atoms with van der Waals surface area (Å²) in [6.07, 6.45) is 1.64. The van der Waals surface area contributed by atoms with Gasteiger partial charge in [-0.05, 0) is 37.6 Å². The van der Waals surface area contributed by atoms with Gasteiger partial charge in [-0.15, -0.1) is 0 Å². The summed E-state index contributed by atoms with van der Waals surface area (Å²) in [5.41, 5.74) is 8.59. The van der Waals surface area contributed by atoms with Crippen LogP contribution in [0.4, 0.5) is 10.5 Å². The van der Waals surface area contributed by atoms with E-state index in [4.69, 9.17) is 10.6 Å². The molecule has 0 aliphatic carbocycles. The molecule has 0 aliphatic heterocycles. The third-order valence-corrected chi connectivity index (χ3v) is 3.23. The first kappa shape index (κ1) is 19.4. The van der Waals surface area contributed by atoms with Crippen LogP contribution in [0, 0.1) is 0 Å². The summed E-state index contributed by atoms with van der Waals surface area (Å²) in [6.45, 7) is 0.656. The third-order valence-electron chi connectivity index (χ3n) is 3.23. The fourth-order valence-electron chi connectivity index (χ4n) is 2.00. The highest BCUT2D eigenvalue weighted by Crippen LogP contribution is 2.11. The van der Waals surface area contributed by atoms with Crippen LogP contribution >= 0.6 is 0 Å². The highest BCUT2D eigenvalue weighted by Gasteiger charge is 2.16. The first-order valence-corrected chi connectivity index (χ1v) is 7.48. The number of nitrogens with one attached hydrogen (secondary N) is 4. The summed E-state index contributed by atoms with van der Waals surface area (Å²) >= 11 is 0. The van der Waals surface area contributed by atoms with Crippen LogP contribution in [0.3, 0.4) is 0 Å². The number of urea groups is 1. The molecule has 0 saturated carbocycles. The van der Waals surface area contributed by atoms with E-state index in [2.05, 4.69) is 21.4 Å². The van der Waals surface area contributed by atoms with E-state index in [1.165, 1.54) is 0 Å². The number of amides is 4. The second kappa shape index (κ2) is 11.0. The first-order valence-electron chi connectivity index (χ1n) is 7.48. The van der Waals surface area contributed by atoms with Crippen molar-refractivity contribution in [1.82, 2.24) is 16.1 Å². The number of hydrogen-bond donors (Lipinski definition) is 5. The van der Waals surface area contributed by atoms with Crippen molar-refractivity contribution in [2.24, 2.45) is 5.73 Å². The average Bonchev–Trinajstić information content (AvgIpc) is 2.56. The van der Waals surface area contributed by atoms with Gasteiger partial charge < -0.3 is 21.7 Å². The van der Waals surface area contributed by atoms with Gasteiger partial charge in [0.1, 0.15) is 0 Å². The van der Waals surface area contributed by atoms with Gasteiger partial charge in [0.25, 0.3) is 0 Å². The Bertz CT molecular complexity index is 535. The Labute approximate surface area is 140 Å². The van der Waals surface area contributed by atoms with Gasteiger partial charge in [0, 0.05) is 12.2 Å². The number of carbonyl (C=O) groups excluding carboxylic acids is 3. The van der Waals surface area contributed by atoms with Crippen LogP contribution in [0.5, 0.6) is 0 Å². The molecule has 4 amide bonds. The molecule has 132 valence electrons. The van der Waals surface area contributed by atoms with Crippen LogP contribution in [0.25, 0.3) is 0 Å². The largest absolute Gasteiger partial charge is 0.352 e. The highest BCUT2D eigenvalue weighted by atomic mass is 16.6. The molecular formula is C15H23N5O4. The standard InChI is InChI=1S/C15H23N5O4/c1-17-13(3-2-8-18-15(16)23)14(22)20-12-6-4-11(5-7-12)9-24-19-10-21/h4-7,10,13,17H,2-3,8-9H2,1H3,(H,19,21)(H,20,22)(H3,16,18,23). The summed E-state index contributed by atoms with van der Waals surface area (Å²) in [5, 5.41) is 8.23. The van der Waals surface area contributed by atoms with Crippen molar-refractivity contribution < 1.29 is 19.2 Å². The maximum Gasteiger partial charge on any atom is 0.312 e. The lowest BCUT2D eigenvalue weighted by atomic mass is 10.1. The molecule has 9 heteroatoms. The van der Waals surface area contributed by atoms with Crippen molar-refractivity contribution in [1.29, 1.82) is 0 Å². The Morgan fingerprint density at radius 1 is 1.29 bits per heavy atom. The number of nitrogens with two attached hydrogens (primary N) is 1. The van der Waals surface area contributed by atoms with Crippen LogP contribution in [0.1, 0.15) is 18.4 Å². The number of carbonyl (C=O) groups is 3. The van der Waals surface area contributed by atoms with Gasteiger partial charge in [0.05, 0.1) is 12.6 Å². The fourth-order valence-corrected chi connectivity index (χ4v) is 2.00. The van der Waals surface area contributed by atoms with E-state index >= 15 is 0 Å². The smallest absolute Gasteiger partial charge is 0.312 e. The molecule has 1 aromatic carbocycles. The number of anilines is 1. The molecule has 0 fully saturated rings. The Balaban J connectivity index is 2.43. The van der Waals surface area contributed by atoms with E-state index in [0.717, 1.165) is 5.56 Å². The lowest BCUT2D eigenvalue weighted by Crippen LogP contribution is -2.39. The molecule has 0 aliphatic rings. The topological polar surface area (TPSA) is 135 Å². The van der Waals surface area contributed by atoms with E-state index in [0.29, 0.717) is 31.5 Å². The first-order chi connectivity index (χ1) is 11.6. The van der Waals surface area contributed by atoms with Gasteiger partial charge in [0.15, 0.2) is 0 Å². The summed E-state index contributed by atoms with van der Waals surface area (Å²) in [5.74, 6) is -0.164. The molecule has 0 heterocycles. The molecule has 1 rings (SSSR count). The third kappa shape index (κ3) is 7.56. The zero-order valence-corrected chi connectivity index (χ0v) is 13.5. The predicted octanol–water partition coefficient (Wildman–Crippen LogP) is -0.161. The number of likely N-dealkylation sites (N-methyl/N-ethyl adjacent to an activating group) is 1. The lowest BCUT2D eigenvalue weighted by Gasteiger charge is -2.16. The molecule has 0 aromatic heterocycles. The fraction of sp³-hybridized carbons (Fsp3) is 0.400. The average molecular weight is 337 g/mol. The van der Waals surface area contributed by atoms with Gasteiger partial charge in [-0.1, -0.05) is 12.1 Å². The Hall–Kier alpha value is -2.65. The minimum Gasteiger partial charge on any atom is -0.352 e. The second-order valence-corrected chi connectivity index (χ2v) is 4.99. The quantitative estimate of drug-likeness (QED) is 0.217. The van der Waals surface area contributed by atoms with E-state index < -0.39 is 6.03 Å². The van der Waals surface area contributed by atoms with Crippen molar-refractivity contribution in [3.05, 3.63) is 29.8 Å². The van der Waals surface area contributed by atoms with Crippen LogP contribution in [0.15, 0.2) is 24.3 Å². The molecule has 0 spiro atoms. The van der Waals surface area contributed by atoms with Crippen LogP contribution in [-0.2, 0) is 21.0 Å². The lowest BCUT2D eigenvalue weighted by molar-refractivity contribution is -0.121. The van der Waals surface area contributed by atoms with E-state index in [1.54, 1.807) is 31.3 Å². The Morgan fingerprint density at radius 2 is 2.00 bits per heavy atom. The molecule has 24 heavy (non-hydrogen) atoms. The maximum atomic E-state index is 12.2. The molecule has 0 bridgehead atoms. The van der Waals surface area contributed by atoms with Gasteiger partial charge in [-0.25, -0.2) is 10.3 Å². The maximum absolute atomic E-state index is 12.2. The van der Waals surface area contributed by atoms with Crippen LogP contribution < -0.4 is 27.2 Å². The van der Waals surface area contributed by atoms with Gasteiger partial charge in [-0.3, -0.25) is 14.4 Å². The van der Waals surface area contributed by atoms with Crippen LogP contribution in [0.2, 0.25) is 0 Å².